The number of aromatic nitrogens is 1. The fourth-order valence-corrected chi connectivity index (χ4v) is 4.52. The largest absolute Gasteiger partial charge is 0.450 e. The summed E-state index contributed by atoms with van der Waals surface area (Å²) in [7, 11) is 0. The van der Waals surface area contributed by atoms with Crippen LogP contribution in [-0.2, 0) is 5.41 Å². The number of benzene rings is 3. The number of nitro groups is 1. The molecule has 0 saturated heterocycles. The minimum absolute atomic E-state index is 0.00787. The van der Waals surface area contributed by atoms with Gasteiger partial charge in [0.25, 0.3) is 0 Å². The number of nitrogens with zero attached hydrogens (tertiary/aromatic N) is 2. The number of hydrogen-bond acceptors (Lipinski definition) is 5. The summed E-state index contributed by atoms with van der Waals surface area (Å²) in [6.45, 7) is 11.1. The second-order valence-corrected chi connectivity index (χ2v) is 10.6. The van der Waals surface area contributed by atoms with E-state index in [1.165, 1.54) is 11.6 Å². The Bertz CT molecular complexity index is 1360. The Balaban J connectivity index is 1.60. The average molecular weight is 471 g/mol. The molecule has 180 valence electrons. The molecule has 0 radical (unpaired) electrons. The highest BCUT2D eigenvalue weighted by atomic mass is 16.6. The van der Waals surface area contributed by atoms with E-state index in [9.17, 15) is 10.1 Å². The van der Waals surface area contributed by atoms with E-state index in [1.54, 1.807) is 12.1 Å². The summed E-state index contributed by atoms with van der Waals surface area (Å²) >= 11 is 0. The van der Waals surface area contributed by atoms with Crippen LogP contribution >= 0.6 is 0 Å². The number of oxazole rings is 1. The Morgan fingerprint density at radius 2 is 1.66 bits per heavy atom. The fraction of sp³-hybridized carbons (Fsp3) is 0.276. The average Bonchev–Trinajstić information content (AvgIpc) is 3.18. The van der Waals surface area contributed by atoms with Crippen molar-refractivity contribution in [1.82, 2.24) is 4.98 Å². The zero-order valence-electron chi connectivity index (χ0n) is 20.7. The number of nitro benzene ring substituents is 1. The van der Waals surface area contributed by atoms with Gasteiger partial charge in [0.2, 0.25) is 11.6 Å². The minimum atomic E-state index is -0.475. The summed E-state index contributed by atoms with van der Waals surface area (Å²) < 4.78 is 11.7. The Hall–Kier alpha value is -3.93. The van der Waals surface area contributed by atoms with Crippen molar-refractivity contribution in [3.63, 3.8) is 0 Å². The van der Waals surface area contributed by atoms with Crippen LogP contribution in [0.2, 0.25) is 0 Å². The van der Waals surface area contributed by atoms with Gasteiger partial charge in [0.05, 0.1) is 11.0 Å². The van der Waals surface area contributed by atoms with Gasteiger partial charge in [-0.05, 0) is 46.6 Å². The zero-order valence-corrected chi connectivity index (χ0v) is 20.7. The van der Waals surface area contributed by atoms with Gasteiger partial charge in [0.15, 0.2) is 5.58 Å². The minimum Gasteiger partial charge on any atom is -0.450 e. The molecule has 6 nitrogen and oxygen atoms in total. The van der Waals surface area contributed by atoms with Crippen LogP contribution in [0.4, 0.5) is 5.69 Å². The molecule has 0 spiro atoms. The lowest BCUT2D eigenvalue weighted by Crippen LogP contribution is -2.24. The van der Waals surface area contributed by atoms with E-state index < -0.39 is 4.92 Å². The van der Waals surface area contributed by atoms with Crippen molar-refractivity contribution in [2.45, 2.75) is 46.5 Å². The first-order chi connectivity index (χ1) is 16.5. The highest BCUT2D eigenvalue weighted by molar-refractivity contribution is 5.81. The number of fused-ring (bicyclic) bond motifs is 1. The second kappa shape index (κ2) is 9.37. The van der Waals surface area contributed by atoms with Gasteiger partial charge in [0, 0.05) is 12.1 Å². The van der Waals surface area contributed by atoms with E-state index in [0.717, 1.165) is 12.0 Å². The van der Waals surface area contributed by atoms with E-state index in [2.05, 4.69) is 39.6 Å². The molecule has 1 heterocycles. The van der Waals surface area contributed by atoms with Crippen LogP contribution in [0, 0.1) is 15.5 Å². The first-order valence-electron chi connectivity index (χ1n) is 11.6. The summed E-state index contributed by atoms with van der Waals surface area (Å²) in [6.07, 6.45) is 4.63. The topological polar surface area (TPSA) is 78.4 Å². The van der Waals surface area contributed by atoms with Gasteiger partial charge in [-0.1, -0.05) is 77.1 Å². The Kier molecular flexibility index (Phi) is 6.48. The quantitative estimate of drug-likeness (QED) is 0.200. The maximum absolute atomic E-state index is 11.7. The van der Waals surface area contributed by atoms with Gasteiger partial charge in [-0.2, -0.15) is 0 Å². The summed E-state index contributed by atoms with van der Waals surface area (Å²) in [5.41, 5.74) is 3.02. The number of hydrogen-bond donors (Lipinski definition) is 0. The fourth-order valence-electron chi connectivity index (χ4n) is 4.52. The molecule has 0 saturated carbocycles. The molecule has 1 aromatic heterocycles. The van der Waals surface area contributed by atoms with Gasteiger partial charge in [0.1, 0.15) is 11.3 Å². The predicted octanol–water partition coefficient (Wildman–Crippen LogP) is 8.41. The van der Waals surface area contributed by atoms with Crippen molar-refractivity contribution in [3.8, 4) is 11.5 Å². The van der Waals surface area contributed by atoms with Crippen molar-refractivity contribution < 1.29 is 14.1 Å². The van der Waals surface area contributed by atoms with Crippen LogP contribution in [0.5, 0.6) is 11.5 Å². The molecule has 0 aliphatic carbocycles. The summed E-state index contributed by atoms with van der Waals surface area (Å²) in [5, 5.41) is 11.7. The highest BCUT2D eigenvalue weighted by Crippen LogP contribution is 2.39. The molecule has 0 fully saturated rings. The molecule has 35 heavy (non-hydrogen) atoms. The molecule has 0 N–H and O–H groups in total. The Morgan fingerprint density at radius 3 is 2.29 bits per heavy atom. The van der Waals surface area contributed by atoms with Crippen molar-refractivity contribution in [1.29, 1.82) is 0 Å². The maximum atomic E-state index is 11.7. The van der Waals surface area contributed by atoms with E-state index in [4.69, 9.17) is 9.15 Å². The summed E-state index contributed by atoms with van der Waals surface area (Å²) in [5.74, 6) is 1.01. The number of ether oxygens (including phenoxy) is 1. The lowest BCUT2D eigenvalue weighted by Gasteiger charge is -2.33. The zero-order chi connectivity index (χ0) is 25.2. The monoisotopic (exact) mass is 470 g/mol. The third-order valence-corrected chi connectivity index (χ3v) is 5.74. The molecular weight excluding hydrogens is 440 g/mol. The van der Waals surface area contributed by atoms with Crippen molar-refractivity contribution in [3.05, 3.63) is 93.9 Å². The molecule has 0 aliphatic heterocycles. The lowest BCUT2D eigenvalue weighted by molar-refractivity contribution is -0.385. The molecule has 0 amide bonds. The first-order valence-corrected chi connectivity index (χ1v) is 11.6. The molecule has 3 aromatic carbocycles. The maximum Gasteiger partial charge on any atom is 0.315 e. The molecule has 0 atom stereocenters. The van der Waals surface area contributed by atoms with E-state index in [1.807, 2.05) is 60.7 Å². The van der Waals surface area contributed by atoms with Gasteiger partial charge >= 0.3 is 5.69 Å². The first kappa shape index (κ1) is 24.2. The van der Waals surface area contributed by atoms with E-state index >= 15 is 0 Å². The molecule has 4 rings (SSSR count). The van der Waals surface area contributed by atoms with Crippen molar-refractivity contribution in [2.75, 3.05) is 0 Å². The van der Waals surface area contributed by atoms with Gasteiger partial charge in [-0.3, -0.25) is 10.1 Å². The third kappa shape index (κ3) is 5.96. The molecule has 6 heteroatoms. The van der Waals surface area contributed by atoms with Gasteiger partial charge < -0.3 is 9.15 Å². The van der Waals surface area contributed by atoms with Crippen LogP contribution < -0.4 is 4.74 Å². The predicted molar refractivity (Wildman–Crippen MR) is 140 cm³/mol. The van der Waals surface area contributed by atoms with Gasteiger partial charge in [-0.25, -0.2) is 4.98 Å². The highest BCUT2D eigenvalue weighted by Gasteiger charge is 2.27. The molecule has 0 unspecified atom stereocenters. The Labute approximate surface area is 205 Å². The van der Waals surface area contributed by atoms with Crippen molar-refractivity contribution in [2.24, 2.45) is 5.41 Å². The molecular formula is C29H30N2O4. The second-order valence-electron chi connectivity index (χ2n) is 10.6. The molecule has 0 bridgehead atoms. The number of rotatable bonds is 7. The summed E-state index contributed by atoms with van der Waals surface area (Å²) in [6, 6.07) is 20.4. The summed E-state index contributed by atoms with van der Waals surface area (Å²) in [4.78, 5) is 15.7. The van der Waals surface area contributed by atoms with Crippen LogP contribution in [0.15, 0.2) is 71.1 Å². The SMILES string of the molecule is CC(C)(C)CC(C)(C)c1ccc(Oc2cc3nc(/C=C/c4ccccc4)oc3cc2[N+](=O)[O-])cc1. The lowest BCUT2D eigenvalue weighted by atomic mass is 9.72. The van der Waals surface area contributed by atoms with Gasteiger partial charge in [-0.15, -0.1) is 0 Å². The molecule has 0 aliphatic rings. The Morgan fingerprint density at radius 1 is 0.971 bits per heavy atom. The smallest absolute Gasteiger partial charge is 0.315 e. The van der Waals surface area contributed by atoms with Crippen LogP contribution in [-0.4, -0.2) is 9.91 Å². The molecule has 4 aromatic rings. The normalized spacial score (nSPS) is 12.4. The van der Waals surface area contributed by atoms with E-state index in [0.29, 0.717) is 22.7 Å². The van der Waals surface area contributed by atoms with Crippen molar-refractivity contribution >= 4 is 28.9 Å². The third-order valence-electron chi connectivity index (χ3n) is 5.74. The van der Waals surface area contributed by atoms with Crippen LogP contribution in [0.1, 0.15) is 58.1 Å². The van der Waals surface area contributed by atoms with Crippen LogP contribution in [0.25, 0.3) is 23.3 Å². The van der Waals surface area contributed by atoms with E-state index in [-0.39, 0.29) is 22.3 Å². The standard InChI is InChI=1S/C29H30N2O4/c1-28(2,3)19-29(4,5)21-12-14-22(15-13-21)34-26-17-23-25(18-24(26)31(32)33)35-27(30-23)16-11-20-9-7-6-8-10-20/h6-18H,19H2,1-5H3/b16-11+. The van der Waals surface area contributed by atoms with Crippen LogP contribution in [0.3, 0.4) is 0 Å².